The second-order valence-electron chi connectivity index (χ2n) is 4.60. The average Bonchev–Trinajstić information content (AvgIpc) is 3.06. The van der Waals surface area contributed by atoms with E-state index in [9.17, 15) is 0 Å². The van der Waals surface area contributed by atoms with Crippen molar-refractivity contribution in [3.05, 3.63) is 35.2 Å². The zero-order valence-electron chi connectivity index (χ0n) is 9.90. The molecule has 0 amide bonds. The first-order chi connectivity index (χ1) is 8.81. The highest BCUT2D eigenvalue weighted by molar-refractivity contribution is 6.30. The van der Waals surface area contributed by atoms with E-state index >= 15 is 0 Å². The minimum absolute atomic E-state index is 0.584. The molecule has 3 rings (SSSR count). The molecule has 1 fully saturated rings. The number of nitrogens with one attached hydrogen (secondary N) is 1. The Labute approximate surface area is 110 Å². The van der Waals surface area contributed by atoms with E-state index in [1.807, 2.05) is 24.3 Å². The molecule has 1 aliphatic carbocycles. The predicted molar refractivity (Wildman–Crippen MR) is 69.2 cm³/mol. The molecule has 1 aromatic heterocycles. The number of benzene rings is 1. The molecule has 0 aliphatic heterocycles. The molecular formula is C13H14ClN3O. The molecule has 0 saturated heterocycles. The summed E-state index contributed by atoms with van der Waals surface area (Å²) < 4.78 is 5.19. The summed E-state index contributed by atoms with van der Waals surface area (Å²) in [7, 11) is 0. The van der Waals surface area contributed by atoms with Crippen molar-refractivity contribution in [2.24, 2.45) is 5.92 Å². The maximum absolute atomic E-state index is 5.93. The van der Waals surface area contributed by atoms with Gasteiger partial charge >= 0.3 is 0 Å². The summed E-state index contributed by atoms with van der Waals surface area (Å²) in [4.78, 5) is 4.34. The lowest BCUT2D eigenvalue weighted by Gasteiger charge is -1.97. The van der Waals surface area contributed by atoms with Gasteiger partial charge < -0.3 is 9.84 Å². The van der Waals surface area contributed by atoms with Gasteiger partial charge in [-0.2, -0.15) is 4.98 Å². The van der Waals surface area contributed by atoms with E-state index in [4.69, 9.17) is 16.1 Å². The Hall–Kier alpha value is -1.39. The molecule has 1 aromatic carbocycles. The highest BCUT2D eigenvalue weighted by atomic mass is 35.5. The van der Waals surface area contributed by atoms with Gasteiger partial charge in [0.25, 0.3) is 0 Å². The van der Waals surface area contributed by atoms with Gasteiger partial charge in [0.15, 0.2) is 0 Å². The number of aromatic nitrogens is 2. The lowest BCUT2D eigenvalue weighted by molar-refractivity contribution is 0.367. The van der Waals surface area contributed by atoms with Gasteiger partial charge in [0.1, 0.15) is 0 Å². The van der Waals surface area contributed by atoms with E-state index in [2.05, 4.69) is 15.5 Å². The summed E-state index contributed by atoms with van der Waals surface area (Å²) in [5, 5.41) is 7.95. The van der Waals surface area contributed by atoms with Crippen LogP contribution in [0.25, 0.3) is 11.4 Å². The van der Waals surface area contributed by atoms with E-state index in [0.29, 0.717) is 23.3 Å². The second kappa shape index (κ2) is 5.08. The fourth-order valence-corrected chi connectivity index (χ4v) is 1.97. The molecule has 1 N–H and O–H groups in total. The van der Waals surface area contributed by atoms with E-state index in [-0.39, 0.29) is 0 Å². The molecule has 0 unspecified atom stereocenters. The van der Waals surface area contributed by atoms with E-state index in [1.165, 1.54) is 12.8 Å². The summed E-state index contributed by atoms with van der Waals surface area (Å²) >= 11 is 5.93. The van der Waals surface area contributed by atoms with Crippen molar-refractivity contribution in [1.82, 2.24) is 15.5 Å². The summed E-state index contributed by atoms with van der Waals surface area (Å²) in [6.45, 7) is 1.67. The molecule has 18 heavy (non-hydrogen) atoms. The predicted octanol–water partition coefficient (Wildman–Crippen LogP) is 2.89. The van der Waals surface area contributed by atoms with Gasteiger partial charge in [0.05, 0.1) is 6.54 Å². The second-order valence-corrected chi connectivity index (χ2v) is 5.03. The minimum Gasteiger partial charge on any atom is -0.338 e. The summed E-state index contributed by atoms with van der Waals surface area (Å²) in [5.41, 5.74) is 0.875. The third-order valence-corrected chi connectivity index (χ3v) is 3.19. The van der Waals surface area contributed by atoms with Crippen molar-refractivity contribution in [2.75, 3.05) is 6.54 Å². The Kier molecular flexibility index (Phi) is 3.30. The fourth-order valence-electron chi connectivity index (χ4n) is 1.78. The summed E-state index contributed by atoms with van der Waals surface area (Å²) in [6, 6.07) is 7.44. The fraction of sp³-hybridized carbons (Fsp3) is 0.385. The van der Waals surface area contributed by atoms with Crippen molar-refractivity contribution < 1.29 is 4.52 Å². The van der Waals surface area contributed by atoms with Gasteiger partial charge in [-0.3, -0.25) is 0 Å². The number of hydrogen-bond donors (Lipinski definition) is 1. The zero-order chi connectivity index (χ0) is 12.4. The first kappa shape index (κ1) is 11.7. The quantitative estimate of drug-likeness (QED) is 0.901. The SMILES string of the molecule is Clc1cccc(-c2noc(CNCC3CC3)n2)c1. The van der Waals surface area contributed by atoms with Gasteiger partial charge in [-0.15, -0.1) is 0 Å². The van der Waals surface area contributed by atoms with Crippen molar-refractivity contribution in [3.63, 3.8) is 0 Å². The molecule has 0 spiro atoms. The minimum atomic E-state index is 0.584. The number of halogens is 1. The van der Waals surface area contributed by atoms with E-state index in [1.54, 1.807) is 0 Å². The van der Waals surface area contributed by atoms with E-state index in [0.717, 1.165) is 18.0 Å². The topological polar surface area (TPSA) is 51.0 Å². The van der Waals surface area contributed by atoms with Gasteiger partial charge in [-0.1, -0.05) is 28.9 Å². The smallest absolute Gasteiger partial charge is 0.240 e. The Morgan fingerprint density at radius 2 is 2.28 bits per heavy atom. The van der Waals surface area contributed by atoms with Crippen LogP contribution in [0, 0.1) is 5.92 Å². The normalized spacial score (nSPS) is 14.9. The number of rotatable bonds is 5. The third-order valence-electron chi connectivity index (χ3n) is 2.96. The van der Waals surface area contributed by atoms with Crippen molar-refractivity contribution in [3.8, 4) is 11.4 Å². The molecule has 5 heteroatoms. The van der Waals surface area contributed by atoms with Gasteiger partial charge in [0.2, 0.25) is 11.7 Å². The number of hydrogen-bond acceptors (Lipinski definition) is 4. The standard InChI is InChI=1S/C13H14ClN3O/c14-11-3-1-2-10(6-11)13-16-12(18-17-13)8-15-7-9-4-5-9/h1-3,6,9,15H,4-5,7-8H2. The highest BCUT2D eigenvalue weighted by Crippen LogP contribution is 2.27. The molecule has 0 radical (unpaired) electrons. The van der Waals surface area contributed by atoms with Gasteiger partial charge in [0, 0.05) is 10.6 Å². The Morgan fingerprint density at radius 1 is 1.39 bits per heavy atom. The van der Waals surface area contributed by atoms with Crippen molar-refractivity contribution in [2.45, 2.75) is 19.4 Å². The highest BCUT2D eigenvalue weighted by Gasteiger charge is 2.20. The maximum Gasteiger partial charge on any atom is 0.240 e. The van der Waals surface area contributed by atoms with Crippen LogP contribution in [0.2, 0.25) is 5.02 Å². The summed E-state index contributed by atoms with van der Waals surface area (Å²) in [5.74, 6) is 2.05. The molecule has 1 saturated carbocycles. The molecule has 0 atom stereocenters. The Morgan fingerprint density at radius 3 is 3.06 bits per heavy atom. The van der Waals surface area contributed by atoms with Crippen molar-refractivity contribution >= 4 is 11.6 Å². The van der Waals surface area contributed by atoms with E-state index < -0.39 is 0 Å². The molecule has 2 aromatic rings. The van der Waals surface area contributed by atoms with Crippen LogP contribution in [0.1, 0.15) is 18.7 Å². The van der Waals surface area contributed by atoms with Crippen LogP contribution in [0.3, 0.4) is 0 Å². The van der Waals surface area contributed by atoms with Crippen LogP contribution >= 0.6 is 11.6 Å². The van der Waals surface area contributed by atoms with Crippen LogP contribution in [0.15, 0.2) is 28.8 Å². The maximum atomic E-state index is 5.93. The van der Waals surface area contributed by atoms with Crippen LogP contribution in [0.4, 0.5) is 0 Å². The van der Waals surface area contributed by atoms with Crippen LogP contribution in [-0.2, 0) is 6.54 Å². The molecule has 1 aliphatic rings. The monoisotopic (exact) mass is 263 g/mol. The van der Waals surface area contributed by atoms with Gasteiger partial charge in [-0.05, 0) is 37.4 Å². The van der Waals surface area contributed by atoms with Crippen molar-refractivity contribution in [1.29, 1.82) is 0 Å². The largest absolute Gasteiger partial charge is 0.338 e. The lowest BCUT2D eigenvalue weighted by Crippen LogP contribution is -2.16. The van der Waals surface area contributed by atoms with Gasteiger partial charge in [-0.25, -0.2) is 0 Å². The van der Waals surface area contributed by atoms with Crippen LogP contribution < -0.4 is 5.32 Å². The average molecular weight is 264 g/mol. The summed E-state index contributed by atoms with van der Waals surface area (Å²) in [6.07, 6.45) is 2.68. The third kappa shape index (κ3) is 2.89. The molecule has 0 bridgehead atoms. The number of nitrogens with zero attached hydrogens (tertiary/aromatic N) is 2. The van der Waals surface area contributed by atoms with Crippen LogP contribution in [0.5, 0.6) is 0 Å². The Bertz CT molecular complexity index is 537. The Balaban J connectivity index is 1.64. The molecule has 94 valence electrons. The molecule has 1 heterocycles. The molecule has 4 nitrogen and oxygen atoms in total. The zero-order valence-corrected chi connectivity index (χ0v) is 10.7. The first-order valence-corrected chi connectivity index (χ1v) is 6.48. The molecular weight excluding hydrogens is 250 g/mol. The first-order valence-electron chi connectivity index (χ1n) is 6.10. The van der Waals surface area contributed by atoms with Crippen LogP contribution in [-0.4, -0.2) is 16.7 Å². The lowest BCUT2D eigenvalue weighted by atomic mass is 10.2.